The summed E-state index contributed by atoms with van der Waals surface area (Å²) in [6.07, 6.45) is 3.51. The van der Waals surface area contributed by atoms with Gasteiger partial charge in [0.2, 0.25) is 5.56 Å². The number of aliphatic hydroxyl groups is 1. The van der Waals surface area contributed by atoms with E-state index >= 15 is 0 Å². The number of hydrogen-bond donors (Lipinski definition) is 4. The predicted molar refractivity (Wildman–Crippen MR) is 209 cm³/mol. The molecule has 10 nitrogen and oxygen atoms in total. The highest BCUT2D eigenvalue weighted by molar-refractivity contribution is 7.11. The van der Waals surface area contributed by atoms with Crippen molar-refractivity contribution in [3.05, 3.63) is 108 Å². The minimum atomic E-state index is -0.894. The molecule has 5 aromatic rings. The van der Waals surface area contributed by atoms with Crippen LogP contribution in [-0.2, 0) is 16.1 Å². The smallest absolute Gasteiger partial charge is 0.319 e. The first-order chi connectivity index (χ1) is 25.2. The first-order valence-corrected chi connectivity index (χ1v) is 19.6. The number of ether oxygens (including phenoxy) is 3. The van der Waals surface area contributed by atoms with Gasteiger partial charge in [0.25, 0.3) is 0 Å². The molecule has 14 heteroatoms. The van der Waals surface area contributed by atoms with Crippen molar-refractivity contribution in [3.63, 3.8) is 0 Å². The van der Waals surface area contributed by atoms with Gasteiger partial charge in [-0.2, -0.15) is 0 Å². The van der Waals surface area contributed by atoms with Gasteiger partial charge in [0, 0.05) is 58.5 Å². The zero-order chi connectivity index (χ0) is 36.6. The number of phenolic OH excluding ortho intramolecular Hbond substituents is 1. The molecule has 1 atom stereocenters. The lowest BCUT2D eigenvalue weighted by Gasteiger charge is -2.34. The van der Waals surface area contributed by atoms with Crippen molar-refractivity contribution in [2.24, 2.45) is 0 Å². The van der Waals surface area contributed by atoms with Gasteiger partial charge >= 0.3 is 5.97 Å². The second kappa shape index (κ2) is 18.9. The lowest BCUT2D eigenvalue weighted by atomic mass is 9.91. The summed E-state index contributed by atoms with van der Waals surface area (Å²) in [6.45, 7) is 1.94. The van der Waals surface area contributed by atoms with Crippen LogP contribution in [0.2, 0.25) is 5.02 Å². The molecule has 53 heavy (non-hydrogen) atoms. The third kappa shape index (κ3) is 9.97. The number of esters is 1. The molecule has 2 aromatic carbocycles. The Morgan fingerprint density at radius 3 is 2.42 bits per heavy atom. The Hall–Kier alpha value is -3.98. The molecule has 0 radical (unpaired) electrons. The van der Waals surface area contributed by atoms with Crippen LogP contribution in [0.15, 0.2) is 76.2 Å². The standard InChI is InChI=1S/C39H44ClN3O7S2.FH/c1-43(25-8-10-26(11-9-25)50-39(47)37(34-6-3-18-51-34)35-7-4-19-52-35)16-5-17-49-33-21-32(48-2)24(20-29(33)40)22-41-23-31(45)27-12-14-30(44)38-28(27)13-15-36(46)42-38;/h3-4,6-7,12-15,18-21,25-26,31,37,41,44-45H,5,8-11,16-17,22-23H2,1-2H3,(H,42,46);1H/t25?,26?,31-;/m0./s1. The third-order valence-corrected chi connectivity index (χ3v) is 11.8. The Bertz CT molecular complexity index is 1950. The minimum absolute atomic E-state index is 0. The van der Waals surface area contributed by atoms with Crippen LogP contribution < -0.4 is 20.3 Å². The molecule has 0 spiro atoms. The van der Waals surface area contributed by atoms with Gasteiger partial charge in [0.1, 0.15) is 29.3 Å². The molecular formula is C39H45ClFN3O7S2. The van der Waals surface area contributed by atoms with Gasteiger partial charge in [-0.15, -0.1) is 22.7 Å². The Balaban J connectivity index is 0.00000541. The normalized spacial score (nSPS) is 16.4. The second-order valence-electron chi connectivity index (χ2n) is 13.0. The number of pyridine rings is 1. The molecule has 3 heterocycles. The van der Waals surface area contributed by atoms with Gasteiger partial charge < -0.3 is 39.6 Å². The fourth-order valence-corrected chi connectivity index (χ4v) is 8.79. The number of benzene rings is 2. The van der Waals surface area contributed by atoms with E-state index in [1.54, 1.807) is 54.0 Å². The average molecular weight is 786 g/mol. The molecule has 6 rings (SSSR count). The van der Waals surface area contributed by atoms with E-state index in [0.717, 1.165) is 54.0 Å². The summed E-state index contributed by atoms with van der Waals surface area (Å²) in [5.74, 6) is 0.589. The number of aromatic nitrogens is 1. The van der Waals surface area contributed by atoms with Gasteiger partial charge in [-0.1, -0.05) is 29.8 Å². The number of nitrogens with zero attached hydrogens (tertiary/aromatic N) is 1. The quantitative estimate of drug-likeness (QED) is 0.0598. The minimum Gasteiger partial charge on any atom is -0.506 e. The number of aliphatic hydroxyl groups excluding tert-OH is 1. The van der Waals surface area contributed by atoms with E-state index < -0.39 is 6.10 Å². The van der Waals surface area contributed by atoms with E-state index in [1.165, 1.54) is 12.1 Å². The molecule has 0 amide bonds. The largest absolute Gasteiger partial charge is 0.506 e. The van der Waals surface area contributed by atoms with Crippen LogP contribution in [0, 0.1) is 0 Å². The number of aromatic hydroxyl groups is 1. The summed E-state index contributed by atoms with van der Waals surface area (Å²) in [6, 6.07) is 18.0. The summed E-state index contributed by atoms with van der Waals surface area (Å²) < 4.78 is 17.8. The maximum absolute atomic E-state index is 13.3. The van der Waals surface area contributed by atoms with Crippen molar-refractivity contribution in [1.29, 1.82) is 0 Å². The van der Waals surface area contributed by atoms with E-state index in [4.69, 9.17) is 25.8 Å². The Morgan fingerprint density at radius 2 is 1.75 bits per heavy atom. The summed E-state index contributed by atoms with van der Waals surface area (Å²) in [4.78, 5) is 32.1. The zero-order valence-corrected chi connectivity index (χ0v) is 32.0. The van der Waals surface area contributed by atoms with Crippen LogP contribution in [0.5, 0.6) is 17.2 Å². The van der Waals surface area contributed by atoms with Crippen molar-refractivity contribution in [3.8, 4) is 17.2 Å². The molecule has 284 valence electrons. The maximum Gasteiger partial charge on any atom is 0.319 e. The molecule has 1 saturated carbocycles. The molecule has 4 N–H and O–H groups in total. The van der Waals surface area contributed by atoms with Crippen LogP contribution >= 0.6 is 34.3 Å². The Kier molecular flexibility index (Phi) is 14.3. The van der Waals surface area contributed by atoms with Gasteiger partial charge in [-0.25, -0.2) is 0 Å². The monoisotopic (exact) mass is 785 g/mol. The van der Waals surface area contributed by atoms with Crippen LogP contribution in [0.4, 0.5) is 4.70 Å². The van der Waals surface area contributed by atoms with Crippen molar-refractivity contribution in [1.82, 2.24) is 15.2 Å². The molecule has 1 aliphatic rings. The number of thiophene rings is 2. The number of carbonyl (C=O) groups excluding carboxylic acids is 1. The topological polar surface area (TPSA) is 133 Å². The number of fused-ring (bicyclic) bond motifs is 1. The van der Waals surface area contributed by atoms with Crippen LogP contribution in [0.3, 0.4) is 0 Å². The third-order valence-electron chi connectivity index (χ3n) is 9.61. The highest BCUT2D eigenvalue weighted by Gasteiger charge is 2.31. The second-order valence-corrected chi connectivity index (χ2v) is 15.4. The number of H-pyrrole nitrogens is 1. The molecule has 1 aliphatic carbocycles. The first-order valence-electron chi connectivity index (χ1n) is 17.4. The van der Waals surface area contributed by atoms with Crippen molar-refractivity contribution in [2.75, 3.05) is 33.9 Å². The van der Waals surface area contributed by atoms with Crippen molar-refractivity contribution >= 4 is 51.1 Å². The SMILES string of the molecule is COc1cc(OCCCN(C)C2CCC(OC(=O)C(c3cccs3)c3cccs3)CC2)c(Cl)cc1CNC[C@H](O)c1ccc(O)c2[nH]c(=O)ccc12.F. The zero-order valence-electron chi connectivity index (χ0n) is 29.6. The Labute approximate surface area is 320 Å². The van der Waals surface area contributed by atoms with E-state index in [9.17, 15) is 19.8 Å². The van der Waals surface area contributed by atoms with Gasteiger partial charge in [0.05, 0.1) is 30.4 Å². The van der Waals surface area contributed by atoms with Crippen LogP contribution in [0.25, 0.3) is 10.9 Å². The molecule has 0 bridgehead atoms. The molecule has 0 unspecified atom stereocenters. The van der Waals surface area contributed by atoms with Crippen LogP contribution in [-0.4, -0.2) is 72.1 Å². The molecule has 3 aromatic heterocycles. The first kappa shape index (κ1) is 40.2. The number of rotatable bonds is 16. The number of halogens is 2. The molecule has 0 saturated heterocycles. The number of phenols is 1. The van der Waals surface area contributed by atoms with Gasteiger partial charge in [-0.05, 0) is 85.8 Å². The number of nitrogens with one attached hydrogen (secondary N) is 2. The van der Waals surface area contributed by atoms with Crippen molar-refractivity contribution in [2.45, 2.75) is 62.8 Å². The van der Waals surface area contributed by atoms with E-state index in [-0.39, 0.29) is 46.1 Å². The van der Waals surface area contributed by atoms with Gasteiger partial charge in [-0.3, -0.25) is 14.3 Å². The molecule has 0 aliphatic heterocycles. The summed E-state index contributed by atoms with van der Waals surface area (Å²) >= 11 is 9.81. The van der Waals surface area contributed by atoms with E-state index in [0.29, 0.717) is 46.7 Å². The van der Waals surface area contributed by atoms with E-state index in [1.807, 2.05) is 35.0 Å². The summed E-state index contributed by atoms with van der Waals surface area (Å²) in [5, 5.41) is 29.3. The molecular weight excluding hydrogens is 741 g/mol. The highest BCUT2D eigenvalue weighted by Crippen LogP contribution is 2.36. The fraction of sp³-hybridized carbons (Fsp3) is 0.385. The number of hydrogen-bond acceptors (Lipinski definition) is 11. The predicted octanol–water partition coefficient (Wildman–Crippen LogP) is 7.38. The van der Waals surface area contributed by atoms with Crippen LogP contribution in [0.1, 0.15) is 65.0 Å². The highest BCUT2D eigenvalue weighted by atomic mass is 35.5. The fourth-order valence-electron chi connectivity index (χ4n) is 6.82. The number of aromatic amines is 1. The lowest BCUT2D eigenvalue weighted by molar-refractivity contribution is -0.151. The van der Waals surface area contributed by atoms with Gasteiger partial charge in [0.15, 0.2) is 0 Å². The molecule has 1 fully saturated rings. The van der Waals surface area contributed by atoms with Crippen molar-refractivity contribution < 1.29 is 33.9 Å². The number of carbonyl (C=O) groups is 1. The van der Waals surface area contributed by atoms with E-state index in [2.05, 4.69) is 22.2 Å². The lowest BCUT2D eigenvalue weighted by Crippen LogP contribution is -2.38. The maximum atomic E-state index is 13.3. The Morgan fingerprint density at radius 1 is 1.04 bits per heavy atom. The summed E-state index contributed by atoms with van der Waals surface area (Å²) in [7, 11) is 3.73. The number of methoxy groups -OCH3 is 1. The average Bonchev–Trinajstić information content (AvgIpc) is 3.87. The summed E-state index contributed by atoms with van der Waals surface area (Å²) in [5.41, 5.74) is 1.34.